The molecule has 2 aromatic heterocycles. The molecule has 144 valence electrons. The molecule has 1 aliphatic heterocycles. The number of piperidine rings is 1. The number of nitrogen functional groups attached to an aromatic ring is 1. The number of ether oxygens (including phenoxy) is 1. The smallest absolute Gasteiger partial charge is 0.254 e. The molecule has 7 nitrogen and oxygen atoms in total. The third kappa shape index (κ3) is 3.55. The number of carbonyl (C=O) groups excluding carboxylic acids is 1. The first-order chi connectivity index (χ1) is 13.6. The minimum absolute atomic E-state index is 0.0562. The number of carbonyl (C=O) groups is 1. The van der Waals surface area contributed by atoms with Crippen molar-refractivity contribution in [2.45, 2.75) is 25.9 Å². The van der Waals surface area contributed by atoms with Gasteiger partial charge in [0.1, 0.15) is 12.4 Å². The molecule has 4 rings (SSSR count). The topological polar surface area (TPSA) is 94.5 Å². The van der Waals surface area contributed by atoms with Crippen LogP contribution in [0.1, 0.15) is 28.8 Å². The zero-order valence-electron chi connectivity index (χ0n) is 15.7. The summed E-state index contributed by atoms with van der Waals surface area (Å²) >= 11 is 0. The van der Waals surface area contributed by atoms with Crippen LogP contribution in [0.25, 0.3) is 11.5 Å². The second kappa shape index (κ2) is 7.72. The highest BCUT2D eigenvalue weighted by molar-refractivity contribution is 6.00. The maximum atomic E-state index is 13.2. The van der Waals surface area contributed by atoms with E-state index >= 15 is 0 Å². The Morgan fingerprint density at radius 3 is 2.93 bits per heavy atom. The average molecular weight is 378 g/mol. The summed E-state index contributed by atoms with van der Waals surface area (Å²) in [6.07, 6.45) is 6.31. The van der Waals surface area contributed by atoms with Crippen molar-refractivity contribution < 1.29 is 13.9 Å². The van der Waals surface area contributed by atoms with Crippen LogP contribution in [0.2, 0.25) is 0 Å². The van der Waals surface area contributed by atoms with Crippen LogP contribution in [0.4, 0.5) is 5.69 Å². The number of oxazole rings is 1. The van der Waals surface area contributed by atoms with E-state index in [-0.39, 0.29) is 12.0 Å². The standard InChI is InChI=1S/C21H22N4O3/c1-14-18(22)8-9-23-19(14)28-15-5-4-11-25(13-15)21(26)17-7-3-2-6-16(17)20-24-10-12-27-20/h2-3,6-10,12,15H,4-5,11,13H2,1H3,(H2,22,23). The lowest BCUT2D eigenvalue weighted by molar-refractivity contribution is 0.0527. The van der Waals surface area contributed by atoms with E-state index in [0.29, 0.717) is 41.7 Å². The molecule has 0 saturated carbocycles. The number of aromatic nitrogens is 2. The van der Waals surface area contributed by atoms with Gasteiger partial charge in [-0.2, -0.15) is 0 Å². The number of hydrogen-bond donors (Lipinski definition) is 1. The van der Waals surface area contributed by atoms with Crippen LogP contribution in [0.15, 0.2) is 53.4 Å². The van der Waals surface area contributed by atoms with Gasteiger partial charge in [-0.15, -0.1) is 0 Å². The number of nitrogens with zero attached hydrogens (tertiary/aromatic N) is 3. The Hall–Kier alpha value is -3.35. The number of likely N-dealkylation sites (tertiary alicyclic amines) is 1. The summed E-state index contributed by atoms with van der Waals surface area (Å²) in [6, 6.07) is 9.11. The van der Waals surface area contributed by atoms with Gasteiger partial charge < -0.3 is 19.8 Å². The Kier molecular flexibility index (Phi) is 4.97. The molecular formula is C21H22N4O3. The molecule has 0 radical (unpaired) electrons. The van der Waals surface area contributed by atoms with Gasteiger partial charge in [0.15, 0.2) is 0 Å². The van der Waals surface area contributed by atoms with Gasteiger partial charge >= 0.3 is 0 Å². The Bertz CT molecular complexity index is 972. The summed E-state index contributed by atoms with van der Waals surface area (Å²) in [6.45, 7) is 3.06. The fourth-order valence-corrected chi connectivity index (χ4v) is 3.41. The molecule has 1 fully saturated rings. The maximum absolute atomic E-state index is 13.2. The number of hydrogen-bond acceptors (Lipinski definition) is 6. The minimum atomic E-state index is -0.125. The van der Waals surface area contributed by atoms with E-state index in [0.717, 1.165) is 18.4 Å². The molecule has 2 N–H and O–H groups in total. The summed E-state index contributed by atoms with van der Waals surface area (Å²) in [4.78, 5) is 23.5. The van der Waals surface area contributed by atoms with Crippen LogP contribution < -0.4 is 10.5 Å². The Morgan fingerprint density at radius 1 is 1.25 bits per heavy atom. The summed E-state index contributed by atoms with van der Waals surface area (Å²) in [7, 11) is 0. The zero-order chi connectivity index (χ0) is 19.5. The Balaban J connectivity index is 1.52. The minimum Gasteiger partial charge on any atom is -0.472 e. The third-order valence-corrected chi connectivity index (χ3v) is 4.96. The first-order valence-corrected chi connectivity index (χ1v) is 9.29. The zero-order valence-corrected chi connectivity index (χ0v) is 15.7. The predicted octanol–water partition coefficient (Wildman–Crippen LogP) is 3.31. The number of benzene rings is 1. The van der Waals surface area contributed by atoms with Crippen LogP contribution in [-0.2, 0) is 0 Å². The van der Waals surface area contributed by atoms with Gasteiger partial charge in [-0.1, -0.05) is 12.1 Å². The predicted molar refractivity (Wildman–Crippen MR) is 105 cm³/mol. The van der Waals surface area contributed by atoms with Crippen LogP contribution in [0, 0.1) is 6.92 Å². The lowest BCUT2D eigenvalue weighted by Gasteiger charge is -2.33. The lowest BCUT2D eigenvalue weighted by atomic mass is 10.0. The maximum Gasteiger partial charge on any atom is 0.254 e. The van der Waals surface area contributed by atoms with Gasteiger partial charge in [-0.3, -0.25) is 4.79 Å². The van der Waals surface area contributed by atoms with Crippen molar-refractivity contribution in [1.29, 1.82) is 0 Å². The van der Waals surface area contributed by atoms with Crippen LogP contribution in [-0.4, -0.2) is 40.0 Å². The number of rotatable bonds is 4. The second-order valence-corrected chi connectivity index (χ2v) is 6.85. The van der Waals surface area contributed by atoms with E-state index in [4.69, 9.17) is 14.9 Å². The molecule has 0 aliphatic carbocycles. The van der Waals surface area contributed by atoms with Crippen molar-refractivity contribution in [2.24, 2.45) is 0 Å². The van der Waals surface area contributed by atoms with Crippen molar-refractivity contribution in [1.82, 2.24) is 14.9 Å². The van der Waals surface area contributed by atoms with E-state index in [1.807, 2.05) is 30.0 Å². The number of nitrogens with two attached hydrogens (primary N) is 1. The fraction of sp³-hybridized carbons (Fsp3) is 0.286. The largest absolute Gasteiger partial charge is 0.472 e. The van der Waals surface area contributed by atoms with E-state index in [1.54, 1.807) is 24.5 Å². The molecule has 3 aromatic rings. The second-order valence-electron chi connectivity index (χ2n) is 6.85. The molecule has 1 saturated heterocycles. The third-order valence-electron chi connectivity index (χ3n) is 4.96. The number of amides is 1. The van der Waals surface area contributed by atoms with Crippen LogP contribution >= 0.6 is 0 Å². The Labute approximate surface area is 163 Å². The van der Waals surface area contributed by atoms with Gasteiger partial charge in [0.2, 0.25) is 11.8 Å². The molecule has 0 bridgehead atoms. The van der Waals surface area contributed by atoms with E-state index in [9.17, 15) is 4.79 Å². The SMILES string of the molecule is Cc1c(N)ccnc1OC1CCCN(C(=O)c2ccccc2-c2ncco2)C1. The number of anilines is 1. The summed E-state index contributed by atoms with van der Waals surface area (Å²) in [5, 5.41) is 0. The first-order valence-electron chi connectivity index (χ1n) is 9.29. The van der Waals surface area contributed by atoms with Crippen molar-refractivity contribution in [3.05, 3.63) is 60.1 Å². The molecule has 1 amide bonds. The van der Waals surface area contributed by atoms with Crippen LogP contribution in [0.3, 0.4) is 0 Å². The fourth-order valence-electron chi connectivity index (χ4n) is 3.41. The van der Waals surface area contributed by atoms with Crippen molar-refractivity contribution in [3.63, 3.8) is 0 Å². The van der Waals surface area contributed by atoms with E-state index in [2.05, 4.69) is 9.97 Å². The normalized spacial score (nSPS) is 16.8. The average Bonchev–Trinajstić information content (AvgIpc) is 3.26. The van der Waals surface area contributed by atoms with Crippen molar-refractivity contribution in [3.8, 4) is 17.3 Å². The molecule has 1 unspecified atom stereocenters. The molecule has 1 aromatic carbocycles. The van der Waals surface area contributed by atoms with E-state index in [1.165, 1.54) is 6.26 Å². The van der Waals surface area contributed by atoms with E-state index < -0.39 is 0 Å². The van der Waals surface area contributed by atoms with Gasteiger partial charge in [-0.05, 0) is 38.0 Å². The van der Waals surface area contributed by atoms with Crippen LogP contribution in [0.5, 0.6) is 5.88 Å². The van der Waals surface area contributed by atoms with Gasteiger partial charge in [0, 0.05) is 29.6 Å². The number of pyridine rings is 1. The van der Waals surface area contributed by atoms with Gasteiger partial charge in [0.05, 0.1) is 18.3 Å². The van der Waals surface area contributed by atoms with Crippen molar-refractivity contribution in [2.75, 3.05) is 18.8 Å². The Morgan fingerprint density at radius 2 is 2.11 bits per heavy atom. The highest BCUT2D eigenvalue weighted by Crippen LogP contribution is 2.26. The molecule has 1 atom stereocenters. The monoisotopic (exact) mass is 378 g/mol. The molecule has 1 aliphatic rings. The molecular weight excluding hydrogens is 356 g/mol. The summed E-state index contributed by atoms with van der Waals surface area (Å²) in [5.74, 6) is 0.909. The highest BCUT2D eigenvalue weighted by atomic mass is 16.5. The lowest BCUT2D eigenvalue weighted by Crippen LogP contribution is -2.44. The first kappa shape index (κ1) is 18.0. The molecule has 3 heterocycles. The molecule has 7 heteroatoms. The van der Waals surface area contributed by atoms with Crippen molar-refractivity contribution >= 4 is 11.6 Å². The van der Waals surface area contributed by atoms with Gasteiger partial charge in [0.25, 0.3) is 5.91 Å². The highest BCUT2D eigenvalue weighted by Gasteiger charge is 2.28. The molecule has 0 spiro atoms. The summed E-state index contributed by atoms with van der Waals surface area (Å²) < 4.78 is 11.5. The molecule has 28 heavy (non-hydrogen) atoms. The summed E-state index contributed by atoms with van der Waals surface area (Å²) in [5.41, 5.74) is 8.67. The quantitative estimate of drug-likeness (QED) is 0.748. The van der Waals surface area contributed by atoms with Gasteiger partial charge in [-0.25, -0.2) is 9.97 Å².